The largest absolute Gasteiger partial charge is 0.307 e. The Balaban J connectivity index is 2.10. The Morgan fingerprint density at radius 3 is 2.65 bits per heavy atom. The second-order valence-electron chi connectivity index (χ2n) is 4.99. The van der Waals surface area contributed by atoms with Gasteiger partial charge in [-0.05, 0) is 25.0 Å². The highest BCUT2D eigenvalue weighted by atomic mass is 19.1. The van der Waals surface area contributed by atoms with Crippen LogP contribution in [0.1, 0.15) is 34.5 Å². The Hall–Kier alpha value is -2.23. The molecule has 3 nitrogen and oxygen atoms in total. The number of halogens is 1. The molecule has 1 heterocycles. The van der Waals surface area contributed by atoms with Gasteiger partial charge in [0.1, 0.15) is 5.82 Å². The molecule has 3 rings (SSSR count). The third-order valence-corrected chi connectivity index (χ3v) is 3.70. The Morgan fingerprint density at radius 1 is 1.05 bits per heavy atom. The summed E-state index contributed by atoms with van der Waals surface area (Å²) in [6, 6.07) is 9.38. The quantitative estimate of drug-likeness (QED) is 0.842. The fourth-order valence-electron chi connectivity index (χ4n) is 2.66. The number of hydrogen-bond donors (Lipinski definition) is 0. The van der Waals surface area contributed by atoms with Gasteiger partial charge in [-0.2, -0.15) is 0 Å². The molecule has 0 unspecified atom stereocenters. The van der Waals surface area contributed by atoms with Crippen molar-refractivity contribution >= 4 is 5.78 Å². The molecule has 0 saturated heterocycles. The van der Waals surface area contributed by atoms with E-state index in [0.717, 1.165) is 12.1 Å². The maximum absolute atomic E-state index is 13.7. The van der Waals surface area contributed by atoms with Gasteiger partial charge in [0, 0.05) is 29.3 Å². The first-order valence-electron chi connectivity index (χ1n) is 6.66. The first kappa shape index (κ1) is 12.8. The van der Waals surface area contributed by atoms with E-state index in [2.05, 4.69) is 0 Å². The van der Waals surface area contributed by atoms with E-state index in [4.69, 9.17) is 0 Å². The number of aromatic nitrogens is 1. The summed E-state index contributed by atoms with van der Waals surface area (Å²) in [4.78, 5) is 23.9. The van der Waals surface area contributed by atoms with Gasteiger partial charge in [0.2, 0.25) is 0 Å². The van der Waals surface area contributed by atoms with E-state index in [1.54, 1.807) is 24.3 Å². The Bertz CT molecular complexity index is 733. The van der Waals surface area contributed by atoms with Crippen molar-refractivity contribution in [2.45, 2.75) is 25.8 Å². The van der Waals surface area contributed by atoms with E-state index in [1.807, 2.05) is 0 Å². The van der Waals surface area contributed by atoms with Gasteiger partial charge < -0.3 is 4.57 Å². The number of hydrogen-bond acceptors (Lipinski definition) is 2. The minimum atomic E-state index is -0.334. The highest BCUT2D eigenvalue weighted by Gasteiger charge is 2.21. The highest BCUT2D eigenvalue weighted by molar-refractivity contribution is 5.97. The van der Waals surface area contributed by atoms with Crippen molar-refractivity contribution in [3.63, 3.8) is 0 Å². The number of pyridine rings is 1. The third-order valence-electron chi connectivity index (χ3n) is 3.70. The summed E-state index contributed by atoms with van der Waals surface area (Å²) in [7, 11) is 0. The molecular formula is C16H14FNO2. The Morgan fingerprint density at radius 2 is 1.85 bits per heavy atom. The van der Waals surface area contributed by atoms with Crippen molar-refractivity contribution in [3.8, 4) is 0 Å². The number of benzene rings is 1. The predicted molar refractivity (Wildman–Crippen MR) is 73.5 cm³/mol. The molecule has 1 aromatic carbocycles. The molecule has 0 atom stereocenters. The Kier molecular flexibility index (Phi) is 3.22. The summed E-state index contributed by atoms with van der Waals surface area (Å²) in [5.74, 6) is -0.271. The second-order valence-corrected chi connectivity index (χ2v) is 4.99. The summed E-state index contributed by atoms with van der Waals surface area (Å²) >= 11 is 0. The van der Waals surface area contributed by atoms with Crippen LogP contribution in [0.5, 0.6) is 0 Å². The summed E-state index contributed by atoms with van der Waals surface area (Å²) in [5, 5.41) is 0. The van der Waals surface area contributed by atoms with E-state index in [9.17, 15) is 14.0 Å². The SMILES string of the molecule is O=C1CCCc2c1ccc(=O)n2Cc1ccccc1F. The van der Waals surface area contributed by atoms with Crippen molar-refractivity contribution in [3.05, 3.63) is 69.4 Å². The fourth-order valence-corrected chi connectivity index (χ4v) is 2.66. The van der Waals surface area contributed by atoms with Crippen LogP contribution in [0.4, 0.5) is 4.39 Å². The molecule has 4 heteroatoms. The fraction of sp³-hybridized carbons (Fsp3) is 0.250. The van der Waals surface area contributed by atoms with Gasteiger partial charge in [-0.15, -0.1) is 0 Å². The molecule has 0 amide bonds. The molecule has 0 aliphatic heterocycles. The van der Waals surface area contributed by atoms with Crippen LogP contribution < -0.4 is 5.56 Å². The van der Waals surface area contributed by atoms with E-state index in [0.29, 0.717) is 24.0 Å². The van der Waals surface area contributed by atoms with Crippen molar-refractivity contribution in [2.24, 2.45) is 0 Å². The van der Waals surface area contributed by atoms with Crippen molar-refractivity contribution < 1.29 is 9.18 Å². The smallest absolute Gasteiger partial charge is 0.251 e. The lowest BCUT2D eigenvalue weighted by Gasteiger charge is -2.20. The molecule has 0 N–H and O–H groups in total. The first-order chi connectivity index (χ1) is 9.66. The highest BCUT2D eigenvalue weighted by Crippen LogP contribution is 2.20. The molecule has 0 bridgehead atoms. The zero-order valence-electron chi connectivity index (χ0n) is 10.9. The molecule has 0 spiro atoms. The molecule has 2 aromatic rings. The van der Waals surface area contributed by atoms with Gasteiger partial charge in [-0.1, -0.05) is 18.2 Å². The molecular weight excluding hydrogens is 257 g/mol. The van der Waals surface area contributed by atoms with Gasteiger partial charge >= 0.3 is 0 Å². The minimum Gasteiger partial charge on any atom is -0.307 e. The summed E-state index contributed by atoms with van der Waals surface area (Å²) in [5.41, 5.74) is 1.60. The van der Waals surface area contributed by atoms with Crippen LogP contribution >= 0.6 is 0 Å². The van der Waals surface area contributed by atoms with Crippen molar-refractivity contribution in [1.29, 1.82) is 0 Å². The standard InChI is InChI=1S/C16H14FNO2/c17-13-5-2-1-4-11(13)10-18-14-6-3-7-15(19)12(14)8-9-16(18)20/h1-2,4-5,8-9H,3,6-7,10H2. The molecule has 102 valence electrons. The maximum Gasteiger partial charge on any atom is 0.251 e. The first-order valence-corrected chi connectivity index (χ1v) is 6.66. The molecule has 0 radical (unpaired) electrons. The average Bonchev–Trinajstić information content (AvgIpc) is 2.44. The van der Waals surface area contributed by atoms with Crippen LogP contribution in [0.25, 0.3) is 0 Å². The molecule has 1 aliphatic rings. The molecule has 1 aliphatic carbocycles. The van der Waals surface area contributed by atoms with Crippen molar-refractivity contribution in [1.82, 2.24) is 4.57 Å². The third kappa shape index (κ3) is 2.18. The monoisotopic (exact) mass is 271 g/mol. The van der Waals surface area contributed by atoms with Gasteiger partial charge in [0.25, 0.3) is 5.56 Å². The van der Waals surface area contributed by atoms with E-state index < -0.39 is 0 Å². The normalized spacial score (nSPS) is 14.2. The van der Waals surface area contributed by atoms with Gasteiger partial charge in [0.15, 0.2) is 5.78 Å². The molecule has 1 aromatic heterocycles. The predicted octanol–water partition coefficient (Wildman–Crippen LogP) is 2.55. The van der Waals surface area contributed by atoms with Gasteiger partial charge in [-0.25, -0.2) is 4.39 Å². The second kappa shape index (κ2) is 5.04. The van der Waals surface area contributed by atoms with E-state index in [-0.39, 0.29) is 23.7 Å². The van der Waals surface area contributed by atoms with E-state index in [1.165, 1.54) is 16.7 Å². The molecule has 20 heavy (non-hydrogen) atoms. The van der Waals surface area contributed by atoms with Crippen LogP contribution in [-0.4, -0.2) is 10.4 Å². The number of ketones is 1. The number of Topliss-reactive ketones (excluding diaryl/α,β-unsaturated/α-hetero) is 1. The van der Waals surface area contributed by atoms with E-state index >= 15 is 0 Å². The van der Waals surface area contributed by atoms with Gasteiger partial charge in [-0.3, -0.25) is 9.59 Å². The zero-order chi connectivity index (χ0) is 14.1. The lowest BCUT2D eigenvalue weighted by atomic mass is 9.94. The number of carbonyl (C=O) groups is 1. The zero-order valence-corrected chi connectivity index (χ0v) is 10.9. The van der Waals surface area contributed by atoms with Crippen molar-refractivity contribution in [2.75, 3.05) is 0 Å². The number of carbonyl (C=O) groups excluding carboxylic acids is 1. The van der Waals surface area contributed by atoms with Gasteiger partial charge in [0.05, 0.1) is 6.54 Å². The summed E-state index contributed by atoms with van der Waals surface area (Å²) in [6.07, 6.45) is 1.95. The van der Waals surface area contributed by atoms with Crippen LogP contribution in [0, 0.1) is 5.82 Å². The van der Waals surface area contributed by atoms with Crippen LogP contribution in [0.3, 0.4) is 0 Å². The molecule has 0 saturated carbocycles. The number of fused-ring (bicyclic) bond motifs is 1. The summed E-state index contributed by atoms with van der Waals surface area (Å²) in [6.45, 7) is 0.169. The number of rotatable bonds is 2. The lowest BCUT2D eigenvalue weighted by molar-refractivity contribution is 0.0970. The van der Waals surface area contributed by atoms with Crippen LogP contribution in [-0.2, 0) is 13.0 Å². The van der Waals surface area contributed by atoms with Crippen LogP contribution in [0.2, 0.25) is 0 Å². The molecule has 0 fully saturated rings. The Labute approximate surface area is 115 Å². The lowest BCUT2D eigenvalue weighted by Crippen LogP contribution is -2.28. The average molecular weight is 271 g/mol. The minimum absolute atomic E-state index is 0.0635. The number of nitrogens with zero attached hydrogens (tertiary/aromatic N) is 1. The summed E-state index contributed by atoms with van der Waals surface area (Å²) < 4.78 is 15.3. The van der Waals surface area contributed by atoms with Crippen LogP contribution in [0.15, 0.2) is 41.2 Å². The maximum atomic E-state index is 13.7. The topological polar surface area (TPSA) is 39.1 Å².